The molecule has 90 valence electrons. The van der Waals surface area contributed by atoms with Crippen LogP contribution in [0.5, 0.6) is 0 Å². The molecule has 0 saturated carbocycles. The molecule has 0 amide bonds. The monoisotopic (exact) mass is 268 g/mol. The Morgan fingerprint density at radius 3 is 1.88 bits per heavy atom. The molecule has 0 atom stereocenters. The van der Waals surface area contributed by atoms with Crippen LogP contribution >= 0.6 is 0 Å². The van der Waals surface area contributed by atoms with Gasteiger partial charge in [-0.25, -0.2) is 0 Å². The minimum Gasteiger partial charge on any atom is -0.324 e. The molecule has 10 heteroatoms. The predicted molar refractivity (Wildman–Crippen MR) is 53.9 cm³/mol. The van der Waals surface area contributed by atoms with Crippen molar-refractivity contribution in [1.82, 2.24) is 0 Å². The van der Waals surface area contributed by atoms with Crippen LogP contribution in [-0.4, -0.2) is 25.9 Å². The summed E-state index contributed by atoms with van der Waals surface area (Å²) in [5.74, 6) is 4.98. The van der Waals surface area contributed by atoms with Gasteiger partial charge in [0, 0.05) is 5.69 Å². The van der Waals surface area contributed by atoms with Gasteiger partial charge in [-0.3, -0.25) is 14.9 Å². The minimum atomic E-state index is -4.78. The number of hydrazine groups is 1. The van der Waals surface area contributed by atoms with E-state index in [1.54, 1.807) is 0 Å². The molecule has 0 aromatic heterocycles. The lowest BCUT2D eigenvalue weighted by atomic mass is 10.3. The van der Waals surface area contributed by atoms with Gasteiger partial charge in [0.25, 0.3) is 20.2 Å². The minimum absolute atomic E-state index is 0.0556. The lowest BCUT2D eigenvalue weighted by Crippen LogP contribution is -2.11. The van der Waals surface area contributed by atoms with E-state index >= 15 is 0 Å². The molecule has 0 heterocycles. The third-order valence-corrected chi connectivity index (χ3v) is 3.60. The maximum absolute atomic E-state index is 10.9. The molecule has 0 aliphatic heterocycles. The maximum atomic E-state index is 10.9. The molecular weight excluding hydrogens is 260 g/mol. The third kappa shape index (κ3) is 2.68. The average Bonchev–Trinajstić information content (AvgIpc) is 2.14. The number of hydrogen-bond donors (Lipinski definition) is 4. The molecular formula is C6H8N2O6S2. The zero-order valence-corrected chi connectivity index (χ0v) is 9.29. The molecule has 1 rings (SSSR count). The molecule has 0 saturated heterocycles. The Hall–Kier alpha value is -1.20. The highest BCUT2D eigenvalue weighted by Crippen LogP contribution is 2.23. The molecule has 16 heavy (non-hydrogen) atoms. The van der Waals surface area contributed by atoms with Gasteiger partial charge in [0.15, 0.2) is 0 Å². The van der Waals surface area contributed by atoms with Crippen molar-refractivity contribution >= 4 is 25.9 Å². The van der Waals surface area contributed by atoms with Gasteiger partial charge < -0.3 is 5.43 Å². The first-order valence-electron chi connectivity index (χ1n) is 3.72. The summed E-state index contributed by atoms with van der Waals surface area (Å²) in [6.45, 7) is 0. The summed E-state index contributed by atoms with van der Waals surface area (Å²) < 4.78 is 60.9. The van der Waals surface area contributed by atoms with Crippen LogP contribution in [0.3, 0.4) is 0 Å². The Balaban J connectivity index is 3.66. The number of nitrogens with one attached hydrogen (secondary N) is 1. The number of benzene rings is 1. The van der Waals surface area contributed by atoms with Crippen molar-refractivity contribution in [2.45, 2.75) is 9.79 Å². The summed E-state index contributed by atoms with van der Waals surface area (Å²) in [5.41, 5.74) is 2.12. The van der Waals surface area contributed by atoms with Crippen molar-refractivity contribution in [2.75, 3.05) is 5.43 Å². The number of nitrogen functional groups attached to an aromatic ring is 1. The van der Waals surface area contributed by atoms with Crippen molar-refractivity contribution in [3.8, 4) is 0 Å². The lowest BCUT2D eigenvalue weighted by molar-refractivity contribution is 0.466. The van der Waals surface area contributed by atoms with E-state index in [2.05, 4.69) is 5.43 Å². The maximum Gasteiger partial charge on any atom is 0.295 e. The van der Waals surface area contributed by atoms with E-state index in [9.17, 15) is 16.8 Å². The van der Waals surface area contributed by atoms with Crippen LogP contribution in [0.1, 0.15) is 0 Å². The molecule has 0 bridgehead atoms. The van der Waals surface area contributed by atoms with Crippen molar-refractivity contribution in [3.63, 3.8) is 0 Å². The molecule has 0 fully saturated rings. The topological polar surface area (TPSA) is 147 Å². The third-order valence-electron chi connectivity index (χ3n) is 1.67. The summed E-state index contributed by atoms with van der Waals surface area (Å²) in [4.78, 5) is -1.88. The summed E-state index contributed by atoms with van der Waals surface area (Å²) in [7, 11) is -9.53. The second-order valence-corrected chi connectivity index (χ2v) is 5.54. The van der Waals surface area contributed by atoms with E-state index in [0.717, 1.165) is 18.2 Å². The van der Waals surface area contributed by atoms with Crippen molar-refractivity contribution < 1.29 is 25.9 Å². The van der Waals surface area contributed by atoms with E-state index < -0.39 is 30.0 Å². The first-order chi connectivity index (χ1) is 7.16. The van der Waals surface area contributed by atoms with Crippen LogP contribution in [0.2, 0.25) is 0 Å². The molecule has 0 aliphatic rings. The predicted octanol–water partition coefficient (Wildman–Crippen LogP) is -0.534. The van der Waals surface area contributed by atoms with Crippen LogP contribution in [0.4, 0.5) is 5.69 Å². The molecule has 8 nitrogen and oxygen atoms in total. The summed E-state index contributed by atoms with van der Waals surface area (Å²) in [6, 6.07) is 2.70. The normalized spacial score (nSPS) is 12.4. The van der Waals surface area contributed by atoms with Crippen LogP contribution in [0.15, 0.2) is 28.0 Å². The van der Waals surface area contributed by atoms with Crippen LogP contribution in [0, 0.1) is 0 Å². The van der Waals surface area contributed by atoms with E-state index in [1.165, 1.54) is 0 Å². The average molecular weight is 268 g/mol. The standard InChI is InChI=1S/C6H8N2O6S2/c7-8-4-1-2-5(15(9,10)11)6(3-4)16(12,13)14/h1-3,8H,7H2,(H,9,10,11)(H,12,13,14). The zero-order valence-electron chi connectivity index (χ0n) is 7.65. The Kier molecular flexibility index (Phi) is 3.21. The van der Waals surface area contributed by atoms with Crippen LogP contribution in [-0.2, 0) is 20.2 Å². The van der Waals surface area contributed by atoms with Crippen molar-refractivity contribution in [1.29, 1.82) is 0 Å². The number of nitrogens with two attached hydrogens (primary N) is 1. The highest BCUT2D eigenvalue weighted by molar-refractivity contribution is 7.89. The fourth-order valence-corrected chi connectivity index (χ4v) is 2.80. The van der Waals surface area contributed by atoms with Crippen molar-refractivity contribution in [3.05, 3.63) is 18.2 Å². The van der Waals surface area contributed by atoms with E-state index in [-0.39, 0.29) is 5.69 Å². The van der Waals surface area contributed by atoms with Crippen molar-refractivity contribution in [2.24, 2.45) is 5.84 Å². The van der Waals surface area contributed by atoms with Crippen LogP contribution < -0.4 is 11.3 Å². The quantitative estimate of drug-likeness (QED) is 0.325. The van der Waals surface area contributed by atoms with Gasteiger partial charge in [0.2, 0.25) is 0 Å². The van der Waals surface area contributed by atoms with Gasteiger partial charge in [0.1, 0.15) is 9.79 Å². The van der Waals surface area contributed by atoms with Gasteiger partial charge in [-0.1, -0.05) is 0 Å². The summed E-state index contributed by atoms with van der Waals surface area (Å²) in [5, 5.41) is 0. The first kappa shape index (κ1) is 12.9. The molecule has 5 N–H and O–H groups in total. The molecule has 0 aliphatic carbocycles. The van der Waals surface area contributed by atoms with Gasteiger partial charge >= 0.3 is 0 Å². The van der Waals surface area contributed by atoms with E-state index in [0.29, 0.717) is 0 Å². The second-order valence-electron chi connectivity index (χ2n) is 2.76. The molecule has 1 aromatic rings. The summed E-state index contributed by atoms with van der Waals surface area (Å²) in [6.07, 6.45) is 0. The Labute approximate surface area is 91.5 Å². The highest BCUT2D eigenvalue weighted by Gasteiger charge is 2.23. The molecule has 0 spiro atoms. The largest absolute Gasteiger partial charge is 0.324 e. The van der Waals surface area contributed by atoms with Gasteiger partial charge in [-0.15, -0.1) is 0 Å². The SMILES string of the molecule is NNc1ccc(S(=O)(=O)O)c(S(=O)(=O)O)c1. The molecule has 0 unspecified atom stereocenters. The summed E-state index contributed by atoms with van der Waals surface area (Å²) >= 11 is 0. The smallest absolute Gasteiger partial charge is 0.295 e. The fourth-order valence-electron chi connectivity index (χ4n) is 1.01. The first-order valence-corrected chi connectivity index (χ1v) is 6.60. The Bertz CT molecular complexity index is 606. The fraction of sp³-hybridized carbons (Fsp3) is 0. The molecule has 1 aromatic carbocycles. The van der Waals surface area contributed by atoms with E-state index in [4.69, 9.17) is 14.9 Å². The Morgan fingerprint density at radius 2 is 1.50 bits per heavy atom. The van der Waals surface area contributed by atoms with Gasteiger partial charge in [-0.2, -0.15) is 16.8 Å². The number of rotatable bonds is 3. The van der Waals surface area contributed by atoms with Gasteiger partial charge in [-0.05, 0) is 18.2 Å². The second kappa shape index (κ2) is 3.99. The Morgan fingerprint density at radius 1 is 1.00 bits per heavy atom. The van der Waals surface area contributed by atoms with Crippen LogP contribution in [0.25, 0.3) is 0 Å². The lowest BCUT2D eigenvalue weighted by Gasteiger charge is -2.06. The highest BCUT2D eigenvalue weighted by atomic mass is 32.2. The van der Waals surface area contributed by atoms with E-state index in [1.807, 2.05) is 0 Å². The molecule has 0 radical (unpaired) electrons. The number of anilines is 1. The number of hydrogen-bond acceptors (Lipinski definition) is 6. The zero-order chi connectivity index (χ0) is 12.6. The van der Waals surface area contributed by atoms with Gasteiger partial charge in [0.05, 0.1) is 0 Å².